The minimum Gasteiger partial charge on any atom is -0.379 e. The standard InChI is InChI=1S/C21H27N5O2/c22-21-23-13-18(14-24-21)16-4-6-17(7-5-16)20(27)26-8-2-1-3-19(26)15-25-9-11-28-12-10-25/h4-7,13-14,19H,1-3,8-12,15H2,(H2,22,23,24)/t19-/m0/s1. The van der Waals surface area contributed by atoms with Crippen molar-refractivity contribution in [3.8, 4) is 11.1 Å². The first-order valence-corrected chi connectivity index (χ1v) is 10.00. The minimum atomic E-state index is 0.123. The minimum absolute atomic E-state index is 0.123. The highest BCUT2D eigenvalue weighted by atomic mass is 16.5. The van der Waals surface area contributed by atoms with Crippen molar-refractivity contribution in [3.63, 3.8) is 0 Å². The Balaban J connectivity index is 1.46. The van der Waals surface area contributed by atoms with Gasteiger partial charge in [0.15, 0.2) is 0 Å². The zero-order valence-electron chi connectivity index (χ0n) is 16.1. The number of nitrogens with zero attached hydrogens (tertiary/aromatic N) is 4. The van der Waals surface area contributed by atoms with Crippen LogP contribution in [0.4, 0.5) is 5.95 Å². The van der Waals surface area contributed by atoms with E-state index in [2.05, 4.69) is 19.8 Å². The number of nitrogens with two attached hydrogens (primary N) is 1. The van der Waals surface area contributed by atoms with Crippen molar-refractivity contribution in [2.24, 2.45) is 0 Å². The van der Waals surface area contributed by atoms with Crippen LogP contribution in [0.5, 0.6) is 0 Å². The summed E-state index contributed by atoms with van der Waals surface area (Å²) in [5.41, 5.74) is 8.14. The largest absolute Gasteiger partial charge is 0.379 e. The lowest BCUT2D eigenvalue weighted by Crippen LogP contribution is -2.51. The second-order valence-electron chi connectivity index (χ2n) is 7.47. The molecule has 28 heavy (non-hydrogen) atoms. The molecule has 4 rings (SSSR count). The fourth-order valence-electron chi connectivity index (χ4n) is 4.00. The number of morpholine rings is 1. The Morgan fingerprint density at radius 2 is 1.75 bits per heavy atom. The van der Waals surface area contributed by atoms with Crippen LogP contribution >= 0.6 is 0 Å². The Kier molecular flexibility index (Phi) is 5.83. The van der Waals surface area contributed by atoms with E-state index in [0.29, 0.717) is 0 Å². The first-order valence-electron chi connectivity index (χ1n) is 10.00. The SMILES string of the molecule is Nc1ncc(-c2ccc(C(=O)N3CCCC[C@H]3CN3CCOCC3)cc2)cn1. The van der Waals surface area contributed by atoms with Crippen molar-refractivity contribution in [2.75, 3.05) is 45.1 Å². The molecule has 1 amide bonds. The van der Waals surface area contributed by atoms with Gasteiger partial charge in [-0.3, -0.25) is 9.69 Å². The van der Waals surface area contributed by atoms with Crippen LogP contribution in [0.25, 0.3) is 11.1 Å². The Labute approximate surface area is 165 Å². The van der Waals surface area contributed by atoms with Gasteiger partial charge >= 0.3 is 0 Å². The molecule has 7 nitrogen and oxygen atoms in total. The second-order valence-corrected chi connectivity index (χ2v) is 7.47. The molecule has 148 valence electrons. The average Bonchev–Trinajstić information content (AvgIpc) is 2.75. The van der Waals surface area contributed by atoms with E-state index >= 15 is 0 Å². The number of carbonyl (C=O) groups is 1. The molecule has 2 N–H and O–H groups in total. The highest BCUT2D eigenvalue weighted by molar-refractivity contribution is 5.95. The molecule has 0 bridgehead atoms. The van der Waals surface area contributed by atoms with Crippen molar-refractivity contribution >= 4 is 11.9 Å². The molecule has 1 aromatic heterocycles. The molecule has 7 heteroatoms. The highest BCUT2D eigenvalue weighted by Crippen LogP contribution is 2.23. The predicted molar refractivity (Wildman–Crippen MR) is 108 cm³/mol. The van der Waals surface area contributed by atoms with Crippen molar-refractivity contribution in [2.45, 2.75) is 25.3 Å². The fraction of sp³-hybridized carbons (Fsp3) is 0.476. The molecule has 0 spiro atoms. The molecule has 2 aliphatic heterocycles. The molecule has 2 saturated heterocycles. The number of piperidine rings is 1. The van der Waals surface area contributed by atoms with Crippen LogP contribution in [0.15, 0.2) is 36.7 Å². The summed E-state index contributed by atoms with van der Waals surface area (Å²) in [6.07, 6.45) is 6.73. The first kappa shape index (κ1) is 18.8. The Bertz CT molecular complexity index is 787. The van der Waals surface area contributed by atoms with Crippen molar-refractivity contribution in [1.82, 2.24) is 19.8 Å². The van der Waals surface area contributed by atoms with E-state index in [9.17, 15) is 4.79 Å². The maximum Gasteiger partial charge on any atom is 0.254 e. The van der Waals surface area contributed by atoms with Gasteiger partial charge in [-0.1, -0.05) is 12.1 Å². The first-order chi connectivity index (χ1) is 13.7. The summed E-state index contributed by atoms with van der Waals surface area (Å²) >= 11 is 0. The van der Waals surface area contributed by atoms with E-state index in [0.717, 1.165) is 68.9 Å². The van der Waals surface area contributed by atoms with Gasteiger partial charge in [-0.15, -0.1) is 0 Å². The lowest BCUT2D eigenvalue weighted by molar-refractivity contribution is 0.0166. The number of nitrogen functional groups attached to an aromatic ring is 1. The van der Waals surface area contributed by atoms with E-state index in [4.69, 9.17) is 10.5 Å². The third-order valence-corrected chi connectivity index (χ3v) is 5.60. The van der Waals surface area contributed by atoms with Gasteiger partial charge in [-0.25, -0.2) is 9.97 Å². The van der Waals surface area contributed by atoms with Crippen molar-refractivity contribution in [1.29, 1.82) is 0 Å². The van der Waals surface area contributed by atoms with Crippen LogP contribution in [-0.4, -0.2) is 71.1 Å². The van der Waals surface area contributed by atoms with Crippen LogP contribution in [0.3, 0.4) is 0 Å². The summed E-state index contributed by atoms with van der Waals surface area (Å²) < 4.78 is 5.45. The Morgan fingerprint density at radius 1 is 1.04 bits per heavy atom. The second kappa shape index (κ2) is 8.67. The molecule has 2 aliphatic rings. The lowest BCUT2D eigenvalue weighted by atomic mass is 9.99. The van der Waals surface area contributed by atoms with E-state index < -0.39 is 0 Å². The zero-order valence-corrected chi connectivity index (χ0v) is 16.1. The summed E-state index contributed by atoms with van der Waals surface area (Å²) in [7, 11) is 0. The van der Waals surface area contributed by atoms with Gasteiger partial charge in [0, 0.05) is 55.7 Å². The summed E-state index contributed by atoms with van der Waals surface area (Å²) in [4.78, 5) is 25.7. The van der Waals surface area contributed by atoms with Gasteiger partial charge in [-0.2, -0.15) is 0 Å². The third-order valence-electron chi connectivity index (χ3n) is 5.60. The number of ether oxygens (including phenoxy) is 1. The molecular formula is C21H27N5O2. The van der Waals surface area contributed by atoms with E-state index in [1.807, 2.05) is 24.3 Å². The monoisotopic (exact) mass is 381 g/mol. The lowest BCUT2D eigenvalue weighted by Gasteiger charge is -2.39. The van der Waals surface area contributed by atoms with Crippen LogP contribution in [0.2, 0.25) is 0 Å². The van der Waals surface area contributed by atoms with Crippen LogP contribution in [0.1, 0.15) is 29.6 Å². The van der Waals surface area contributed by atoms with Crippen LogP contribution in [-0.2, 0) is 4.74 Å². The summed E-state index contributed by atoms with van der Waals surface area (Å²) in [5.74, 6) is 0.380. The number of likely N-dealkylation sites (tertiary alicyclic amines) is 1. The van der Waals surface area contributed by atoms with Gasteiger partial charge in [-0.05, 0) is 37.0 Å². The van der Waals surface area contributed by atoms with E-state index in [-0.39, 0.29) is 17.9 Å². The smallest absolute Gasteiger partial charge is 0.254 e. The fourth-order valence-corrected chi connectivity index (χ4v) is 4.00. The quantitative estimate of drug-likeness (QED) is 0.873. The average molecular weight is 381 g/mol. The molecule has 0 saturated carbocycles. The van der Waals surface area contributed by atoms with Gasteiger partial charge in [0.25, 0.3) is 5.91 Å². The molecule has 2 aromatic rings. The number of anilines is 1. The molecule has 3 heterocycles. The molecule has 0 radical (unpaired) electrons. The molecule has 1 aromatic carbocycles. The number of rotatable bonds is 4. The van der Waals surface area contributed by atoms with E-state index in [1.54, 1.807) is 12.4 Å². The molecule has 1 atom stereocenters. The van der Waals surface area contributed by atoms with Gasteiger partial charge in [0.2, 0.25) is 5.95 Å². The van der Waals surface area contributed by atoms with Crippen LogP contribution in [0, 0.1) is 0 Å². The Morgan fingerprint density at radius 3 is 2.46 bits per heavy atom. The van der Waals surface area contributed by atoms with Crippen molar-refractivity contribution in [3.05, 3.63) is 42.2 Å². The number of carbonyl (C=O) groups excluding carboxylic acids is 1. The zero-order chi connectivity index (χ0) is 19.3. The highest BCUT2D eigenvalue weighted by Gasteiger charge is 2.29. The van der Waals surface area contributed by atoms with Crippen molar-refractivity contribution < 1.29 is 9.53 Å². The normalized spacial score (nSPS) is 20.9. The maximum absolute atomic E-state index is 13.2. The summed E-state index contributed by atoms with van der Waals surface area (Å²) in [6, 6.07) is 7.97. The molecule has 0 unspecified atom stereocenters. The molecular weight excluding hydrogens is 354 g/mol. The third kappa shape index (κ3) is 4.31. The maximum atomic E-state index is 13.2. The topological polar surface area (TPSA) is 84.6 Å². The molecule has 2 fully saturated rings. The van der Waals surface area contributed by atoms with Crippen LogP contribution < -0.4 is 5.73 Å². The van der Waals surface area contributed by atoms with Gasteiger partial charge in [0.05, 0.1) is 13.2 Å². The van der Waals surface area contributed by atoms with Gasteiger partial charge < -0.3 is 15.4 Å². The summed E-state index contributed by atoms with van der Waals surface area (Å²) in [6.45, 7) is 5.26. The number of aromatic nitrogens is 2. The predicted octanol–water partition coefficient (Wildman–Crippen LogP) is 2.05. The Hall–Kier alpha value is -2.51. The number of amides is 1. The van der Waals surface area contributed by atoms with E-state index in [1.165, 1.54) is 6.42 Å². The number of hydrogen-bond donors (Lipinski definition) is 1. The molecule has 0 aliphatic carbocycles. The summed E-state index contributed by atoms with van der Waals surface area (Å²) in [5, 5.41) is 0. The number of benzene rings is 1. The van der Waals surface area contributed by atoms with Gasteiger partial charge in [0.1, 0.15) is 0 Å². The number of hydrogen-bond acceptors (Lipinski definition) is 6.